The predicted molar refractivity (Wildman–Crippen MR) is 65.0 cm³/mol. The standard InChI is InChI=1S/C11H13Cl2NO2/c12-10-3-1-2-8(11(10)13)6-9(15)7-16-5-4-14/h1-3H,4-7,14H2. The van der Waals surface area contributed by atoms with Gasteiger partial charge in [0.05, 0.1) is 16.7 Å². The molecule has 3 nitrogen and oxygen atoms in total. The van der Waals surface area contributed by atoms with Crippen molar-refractivity contribution in [1.29, 1.82) is 0 Å². The number of carbonyl (C=O) groups excluding carboxylic acids is 1. The van der Waals surface area contributed by atoms with Gasteiger partial charge in [-0.25, -0.2) is 0 Å². The maximum absolute atomic E-state index is 11.5. The van der Waals surface area contributed by atoms with Gasteiger partial charge >= 0.3 is 0 Å². The second-order valence-electron chi connectivity index (χ2n) is 3.27. The summed E-state index contributed by atoms with van der Waals surface area (Å²) >= 11 is 11.8. The molecular formula is C11H13Cl2NO2. The Morgan fingerprint density at radius 3 is 2.81 bits per heavy atom. The summed E-state index contributed by atoms with van der Waals surface area (Å²) in [6.45, 7) is 0.847. The van der Waals surface area contributed by atoms with E-state index < -0.39 is 0 Å². The number of benzene rings is 1. The van der Waals surface area contributed by atoms with Crippen LogP contribution in [0.15, 0.2) is 18.2 Å². The van der Waals surface area contributed by atoms with Gasteiger partial charge in [-0.1, -0.05) is 35.3 Å². The molecule has 1 rings (SSSR count). The van der Waals surface area contributed by atoms with Gasteiger partial charge in [0, 0.05) is 13.0 Å². The number of Topliss-reactive ketones (excluding diaryl/α,β-unsaturated/α-hetero) is 1. The summed E-state index contributed by atoms with van der Waals surface area (Å²) in [4.78, 5) is 11.5. The van der Waals surface area contributed by atoms with Crippen LogP contribution in [0.2, 0.25) is 10.0 Å². The lowest BCUT2D eigenvalue weighted by molar-refractivity contribution is -0.122. The highest BCUT2D eigenvalue weighted by Gasteiger charge is 2.09. The topological polar surface area (TPSA) is 52.3 Å². The number of carbonyl (C=O) groups is 1. The second-order valence-corrected chi connectivity index (χ2v) is 4.05. The normalized spacial score (nSPS) is 10.4. The van der Waals surface area contributed by atoms with Crippen LogP contribution in [0.5, 0.6) is 0 Å². The molecule has 0 aliphatic rings. The van der Waals surface area contributed by atoms with Gasteiger partial charge < -0.3 is 10.5 Å². The number of nitrogens with two attached hydrogens (primary N) is 1. The van der Waals surface area contributed by atoms with E-state index >= 15 is 0 Å². The maximum Gasteiger partial charge on any atom is 0.162 e. The van der Waals surface area contributed by atoms with Gasteiger partial charge in [-0.15, -0.1) is 0 Å². The molecule has 0 radical (unpaired) electrons. The average molecular weight is 262 g/mol. The summed E-state index contributed by atoms with van der Waals surface area (Å²) < 4.78 is 5.04. The second kappa shape index (κ2) is 6.86. The number of ether oxygens (including phenoxy) is 1. The van der Waals surface area contributed by atoms with E-state index in [0.29, 0.717) is 23.2 Å². The molecule has 0 saturated carbocycles. The van der Waals surface area contributed by atoms with Gasteiger partial charge in [0.25, 0.3) is 0 Å². The van der Waals surface area contributed by atoms with Crippen molar-refractivity contribution in [2.45, 2.75) is 6.42 Å². The van der Waals surface area contributed by atoms with Crippen LogP contribution < -0.4 is 5.73 Å². The van der Waals surface area contributed by atoms with Crippen LogP contribution in [0.4, 0.5) is 0 Å². The number of ketones is 1. The largest absolute Gasteiger partial charge is 0.372 e. The third kappa shape index (κ3) is 4.10. The summed E-state index contributed by atoms with van der Waals surface area (Å²) in [5.41, 5.74) is 5.95. The molecule has 0 heterocycles. The minimum absolute atomic E-state index is 0.0439. The molecule has 0 amide bonds. The first-order valence-corrected chi connectivity index (χ1v) is 5.63. The van der Waals surface area contributed by atoms with E-state index in [1.807, 2.05) is 0 Å². The van der Waals surface area contributed by atoms with Crippen LogP contribution in [0.1, 0.15) is 5.56 Å². The zero-order chi connectivity index (χ0) is 12.0. The van der Waals surface area contributed by atoms with E-state index in [1.165, 1.54) is 0 Å². The minimum atomic E-state index is -0.0439. The molecule has 0 atom stereocenters. The quantitative estimate of drug-likeness (QED) is 0.798. The first-order valence-electron chi connectivity index (χ1n) is 4.87. The predicted octanol–water partition coefficient (Wildman–Crippen LogP) is 2.08. The van der Waals surface area contributed by atoms with Crippen molar-refractivity contribution >= 4 is 29.0 Å². The Bertz CT molecular complexity index is 369. The van der Waals surface area contributed by atoms with Gasteiger partial charge in [0.2, 0.25) is 0 Å². The van der Waals surface area contributed by atoms with E-state index in [-0.39, 0.29) is 18.8 Å². The molecule has 0 spiro atoms. The molecule has 0 aliphatic heterocycles. The Balaban J connectivity index is 2.53. The van der Waals surface area contributed by atoms with Gasteiger partial charge in [-0.3, -0.25) is 4.79 Å². The molecule has 0 saturated heterocycles. The summed E-state index contributed by atoms with van der Waals surface area (Å²) in [5.74, 6) is -0.0439. The lowest BCUT2D eigenvalue weighted by Crippen LogP contribution is -2.16. The molecule has 88 valence electrons. The number of hydrogen-bond acceptors (Lipinski definition) is 3. The molecule has 5 heteroatoms. The van der Waals surface area contributed by atoms with Crippen LogP contribution in [-0.4, -0.2) is 25.5 Å². The summed E-state index contributed by atoms with van der Waals surface area (Å²) in [6, 6.07) is 5.22. The highest BCUT2D eigenvalue weighted by molar-refractivity contribution is 6.42. The van der Waals surface area contributed by atoms with Crippen molar-refractivity contribution in [1.82, 2.24) is 0 Å². The van der Waals surface area contributed by atoms with Gasteiger partial charge in [0.1, 0.15) is 6.61 Å². The first-order chi connectivity index (χ1) is 7.65. The monoisotopic (exact) mass is 261 g/mol. The van der Waals surface area contributed by atoms with E-state index in [1.54, 1.807) is 18.2 Å². The van der Waals surface area contributed by atoms with Crippen molar-refractivity contribution in [2.24, 2.45) is 5.73 Å². The Hall–Kier alpha value is -0.610. The number of hydrogen-bond donors (Lipinski definition) is 1. The Morgan fingerprint density at radius 2 is 2.12 bits per heavy atom. The lowest BCUT2D eigenvalue weighted by atomic mass is 10.1. The first kappa shape index (κ1) is 13.5. The fourth-order valence-corrected chi connectivity index (χ4v) is 1.60. The Morgan fingerprint density at radius 1 is 1.38 bits per heavy atom. The lowest BCUT2D eigenvalue weighted by Gasteiger charge is -2.05. The van der Waals surface area contributed by atoms with Crippen LogP contribution in [0, 0.1) is 0 Å². The third-order valence-corrected chi connectivity index (χ3v) is 2.80. The summed E-state index contributed by atoms with van der Waals surface area (Å²) in [7, 11) is 0. The smallest absolute Gasteiger partial charge is 0.162 e. The molecule has 16 heavy (non-hydrogen) atoms. The van der Waals surface area contributed by atoms with Crippen molar-refractivity contribution in [3.8, 4) is 0 Å². The molecule has 0 unspecified atom stereocenters. The molecule has 2 N–H and O–H groups in total. The fraction of sp³-hybridized carbons (Fsp3) is 0.364. The molecule has 0 bridgehead atoms. The molecule has 1 aromatic rings. The van der Waals surface area contributed by atoms with Gasteiger partial charge in [0.15, 0.2) is 5.78 Å². The highest BCUT2D eigenvalue weighted by Crippen LogP contribution is 2.25. The van der Waals surface area contributed by atoms with Gasteiger partial charge in [-0.05, 0) is 11.6 Å². The average Bonchev–Trinajstić information content (AvgIpc) is 2.25. The van der Waals surface area contributed by atoms with E-state index in [0.717, 1.165) is 5.56 Å². The zero-order valence-corrected chi connectivity index (χ0v) is 10.2. The third-order valence-electron chi connectivity index (χ3n) is 1.94. The Labute approximate surface area is 104 Å². The van der Waals surface area contributed by atoms with Crippen LogP contribution in [0.3, 0.4) is 0 Å². The summed E-state index contributed by atoms with van der Waals surface area (Å²) in [5, 5.41) is 0.881. The number of rotatable bonds is 6. The SMILES string of the molecule is NCCOCC(=O)Cc1cccc(Cl)c1Cl. The molecular weight excluding hydrogens is 249 g/mol. The summed E-state index contributed by atoms with van der Waals surface area (Å²) in [6.07, 6.45) is 0.226. The van der Waals surface area contributed by atoms with Crippen LogP contribution >= 0.6 is 23.2 Å². The minimum Gasteiger partial charge on any atom is -0.372 e. The Kier molecular flexibility index (Phi) is 5.77. The zero-order valence-electron chi connectivity index (χ0n) is 8.71. The molecule has 0 fully saturated rings. The molecule has 1 aromatic carbocycles. The molecule has 0 aromatic heterocycles. The van der Waals surface area contributed by atoms with Gasteiger partial charge in [-0.2, -0.15) is 0 Å². The van der Waals surface area contributed by atoms with E-state index in [9.17, 15) is 4.79 Å². The fourth-order valence-electron chi connectivity index (χ4n) is 1.22. The highest BCUT2D eigenvalue weighted by atomic mass is 35.5. The van der Waals surface area contributed by atoms with Crippen LogP contribution in [-0.2, 0) is 16.0 Å². The maximum atomic E-state index is 11.5. The van der Waals surface area contributed by atoms with Crippen LogP contribution in [0.25, 0.3) is 0 Å². The van der Waals surface area contributed by atoms with Crippen molar-refractivity contribution in [2.75, 3.05) is 19.8 Å². The number of halogens is 2. The van der Waals surface area contributed by atoms with Crippen molar-refractivity contribution in [3.63, 3.8) is 0 Å². The van der Waals surface area contributed by atoms with Crippen molar-refractivity contribution < 1.29 is 9.53 Å². The van der Waals surface area contributed by atoms with Crippen molar-refractivity contribution in [3.05, 3.63) is 33.8 Å². The molecule has 0 aliphatic carbocycles. The van der Waals surface area contributed by atoms with E-state index in [2.05, 4.69) is 0 Å². The van der Waals surface area contributed by atoms with E-state index in [4.69, 9.17) is 33.7 Å².